The van der Waals surface area contributed by atoms with Crippen LogP contribution < -0.4 is 27.4 Å². The minimum absolute atomic E-state index is 0.0423. The van der Waals surface area contributed by atoms with E-state index in [0.717, 1.165) is 0 Å². The minimum Gasteiger partial charge on any atom is -0.481 e. The summed E-state index contributed by atoms with van der Waals surface area (Å²) in [5.41, 5.74) is 11.3. The van der Waals surface area contributed by atoms with E-state index < -0.39 is 72.6 Å². The van der Waals surface area contributed by atoms with E-state index in [0.29, 0.717) is 25.8 Å². The summed E-state index contributed by atoms with van der Waals surface area (Å²) < 4.78 is 0. The average molecular weight is 504 g/mol. The summed E-state index contributed by atoms with van der Waals surface area (Å²) >= 11 is 0. The van der Waals surface area contributed by atoms with E-state index in [4.69, 9.17) is 21.7 Å². The number of hydrogen-bond acceptors (Lipinski definition) is 8. The molecule has 3 amide bonds. The van der Waals surface area contributed by atoms with Crippen molar-refractivity contribution < 1.29 is 44.1 Å². The lowest BCUT2D eigenvalue weighted by molar-refractivity contribution is -0.144. The van der Waals surface area contributed by atoms with Gasteiger partial charge in [0.1, 0.15) is 18.1 Å². The molecule has 0 aliphatic rings. The predicted octanol–water partition coefficient (Wildman–Crippen LogP) is -1.63. The molecule has 0 aromatic carbocycles. The molecule has 200 valence electrons. The highest BCUT2D eigenvalue weighted by molar-refractivity contribution is 5.95. The van der Waals surface area contributed by atoms with E-state index in [1.54, 1.807) is 0 Å². The number of aliphatic carboxylic acids is 3. The average Bonchev–Trinajstić information content (AvgIpc) is 2.73. The molecule has 4 atom stereocenters. The molecule has 10 N–H and O–H groups in total. The van der Waals surface area contributed by atoms with Crippen molar-refractivity contribution in [1.29, 1.82) is 0 Å². The summed E-state index contributed by atoms with van der Waals surface area (Å²) in [5, 5.41) is 34.1. The van der Waals surface area contributed by atoms with Crippen molar-refractivity contribution in [3.63, 3.8) is 0 Å². The van der Waals surface area contributed by atoms with E-state index in [1.807, 2.05) is 13.8 Å². The molecular weight excluding hydrogens is 466 g/mol. The Labute approximate surface area is 203 Å². The highest BCUT2D eigenvalue weighted by Gasteiger charge is 2.31. The van der Waals surface area contributed by atoms with Crippen LogP contribution in [0.1, 0.15) is 58.8 Å². The fourth-order valence-electron chi connectivity index (χ4n) is 3.11. The van der Waals surface area contributed by atoms with E-state index in [1.165, 1.54) is 0 Å². The van der Waals surface area contributed by atoms with Crippen LogP contribution in [0.4, 0.5) is 0 Å². The molecule has 0 fully saturated rings. The quantitative estimate of drug-likeness (QED) is 0.0985. The van der Waals surface area contributed by atoms with Crippen LogP contribution in [0.5, 0.6) is 0 Å². The number of hydrogen-bond donors (Lipinski definition) is 8. The molecule has 0 saturated carbocycles. The first-order valence-electron chi connectivity index (χ1n) is 11.3. The normalized spacial score (nSPS) is 14.3. The molecule has 0 saturated heterocycles. The summed E-state index contributed by atoms with van der Waals surface area (Å²) in [5.74, 6) is -6.62. The van der Waals surface area contributed by atoms with Gasteiger partial charge in [-0.3, -0.25) is 24.0 Å². The highest BCUT2D eigenvalue weighted by atomic mass is 16.4. The zero-order chi connectivity index (χ0) is 27.1. The molecule has 0 aliphatic heterocycles. The van der Waals surface area contributed by atoms with Gasteiger partial charge in [0.25, 0.3) is 0 Å². The van der Waals surface area contributed by atoms with Crippen LogP contribution in [0, 0.1) is 5.92 Å². The lowest BCUT2D eigenvalue weighted by Crippen LogP contribution is -2.57. The second kappa shape index (κ2) is 16.4. The van der Waals surface area contributed by atoms with Crippen LogP contribution in [-0.4, -0.2) is 81.7 Å². The number of rotatable bonds is 18. The molecule has 0 aliphatic carbocycles. The number of nitrogens with one attached hydrogen (secondary N) is 3. The van der Waals surface area contributed by atoms with Gasteiger partial charge < -0.3 is 42.7 Å². The Morgan fingerprint density at radius 1 is 0.743 bits per heavy atom. The van der Waals surface area contributed by atoms with Gasteiger partial charge in [-0.05, 0) is 44.6 Å². The minimum atomic E-state index is -1.54. The maximum absolute atomic E-state index is 12.8. The third kappa shape index (κ3) is 13.9. The van der Waals surface area contributed by atoms with Crippen molar-refractivity contribution >= 4 is 35.6 Å². The second-order valence-corrected chi connectivity index (χ2v) is 8.57. The van der Waals surface area contributed by atoms with Gasteiger partial charge >= 0.3 is 17.9 Å². The molecule has 0 bridgehead atoms. The molecule has 0 spiro atoms. The lowest BCUT2D eigenvalue weighted by atomic mass is 10.0. The van der Waals surface area contributed by atoms with Crippen LogP contribution in [0.3, 0.4) is 0 Å². The summed E-state index contributed by atoms with van der Waals surface area (Å²) in [7, 11) is 0. The third-order valence-corrected chi connectivity index (χ3v) is 4.92. The van der Waals surface area contributed by atoms with Crippen molar-refractivity contribution in [3.8, 4) is 0 Å². The van der Waals surface area contributed by atoms with Gasteiger partial charge in [0.2, 0.25) is 17.7 Å². The lowest BCUT2D eigenvalue weighted by Gasteiger charge is -2.25. The van der Waals surface area contributed by atoms with Crippen LogP contribution in [0.2, 0.25) is 0 Å². The molecule has 0 aromatic rings. The Hall–Kier alpha value is -3.26. The Morgan fingerprint density at radius 3 is 1.77 bits per heavy atom. The molecule has 0 radical (unpaired) electrons. The monoisotopic (exact) mass is 503 g/mol. The second-order valence-electron chi connectivity index (χ2n) is 8.57. The fraction of sp³-hybridized carbons (Fsp3) is 0.714. The fourth-order valence-corrected chi connectivity index (χ4v) is 3.11. The van der Waals surface area contributed by atoms with Crippen LogP contribution in [0.15, 0.2) is 0 Å². The van der Waals surface area contributed by atoms with Crippen molar-refractivity contribution in [1.82, 2.24) is 16.0 Å². The largest absolute Gasteiger partial charge is 0.481 e. The van der Waals surface area contributed by atoms with Gasteiger partial charge in [0.05, 0.1) is 12.5 Å². The zero-order valence-corrected chi connectivity index (χ0v) is 20.0. The van der Waals surface area contributed by atoms with E-state index in [9.17, 15) is 33.9 Å². The van der Waals surface area contributed by atoms with Gasteiger partial charge in [-0.1, -0.05) is 13.8 Å². The summed E-state index contributed by atoms with van der Waals surface area (Å²) in [6, 6.07) is -5.31. The molecule has 14 heteroatoms. The van der Waals surface area contributed by atoms with Crippen molar-refractivity contribution in [2.45, 2.75) is 83.0 Å². The van der Waals surface area contributed by atoms with Crippen molar-refractivity contribution in [2.24, 2.45) is 17.4 Å². The number of carbonyl (C=O) groups excluding carboxylic acids is 3. The first-order chi connectivity index (χ1) is 16.3. The van der Waals surface area contributed by atoms with Gasteiger partial charge in [-0.15, -0.1) is 0 Å². The van der Waals surface area contributed by atoms with E-state index >= 15 is 0 Å². The molecule has 14 nitrogen and oxygen atoms in total. The molecule has 0 heterocycles. The Balaban J connectivity index is 5.54. The Kier molecular flexibility index (Phi) is 14.9. The molecule has 4 unspecified atom stereocenters. The Bertz CT molecular complexity index is 759. The van der Waals surface area contributed by atoms with Crippen molar-refractivity contribution in [2.75, 3.05) is 6.54 Å². The molecule has 35 heavy (non-hydrogen) atoms. The maximum Gasteiger partial charge on any atom is 0.326 e. The number of carboxylic acids is 3. The number of carboxylic acid groups (broad SMARTS) is 3. The molecule has 0 aromatic heterocycles. The first kappa shape index (κ1) is 31.7. The highest BCUT2D eigenvalue weighted by Crippen LogP contribution is 2.07. The van der Waals surface area contributed by atoms with E-state index in [2.05, 4.69) is 16.0 Å². The number of carbonyl (C=O) groups is 6. The summed E-state index contributed by atoms with van der Waals surface area (Å²) in [6.45, 7) is 3.96. The smallest absolute Gasteiger partial charge is 0.326 e. The third-order valence-electron chi connectivity index (χ3n) is 4.92. The number of nitrogens with two attached hydrogens (primary N) is 2. The standard InChI is InChI=1S/C21H37N5O9/c1-11(2)9-12(23)18(31)26-15(10-17(29)30)20(33)24-13(5-3-4-8-22)19(32)25-14(21(34)35)6-7-16(27)28/h11-15H,3-10,22-23H2,1-2H3,(H,24,33)(H,25,32)(H,26,31)(H,27,28)(H,29,30)(H,34,35). The predicted molar refractivity (Wildman–Crippen MR) is 123 cm³/mol. The van der Waals surface area contributed by atoms with Crippen molar-refractivity contribution in [3.05, 3.63) is 0 Å². The molecular formula is C21H37N5O9. The topological polar surface area (TPSA) is 251 Å². The number of unbranched alkanes of at least 4 members (excludes halogenated alkanes) is 1. The molecule has 0 rings (SSSR count). The SMILES string of the molecule is CC(C)CC(N)C(=O)NC(CC(=O)O)C(=O)NC(CCCCN)C(=O)NC(CCC(=O)O)C(=O)O. The van der Waals surface area contributed by atoms with Crippen LogP contribution in [-0.2, 0) is 28.8 Å². The number of amides is 3. The maximum atomic E-state index is 12.8. The van der Waals surface area contributed by atoms with Gasteiger partial charge in [0, 0.05) is 6.42 Å². The van der Waals surface area contributed by atoms with Gasteiger partial charge in [-0.25, -0.2) is 4.79 Å². The summed E-state index contributed by atoms with van der Waals surface area (Å²) in [4.78, 5) is 71.3. The van der Waals surface area contributed by atoms with Gasteiger partial charge in [0.15, 0.2) is 0 Å². The van der Waals surface area contributed by atoms with Crippen LogP contribution in [0.25, 0.3) is 0 Å². The van der Waals surface area contributed by atoms with E-state index in [-0.39, 0.29) is 18.8 Å². The summed E-state index contributed by atoms with van der Waals surface area (Å²) in [6.07, 6.45) is -0.474. The first-order valence-corrected chi connectivity index (χ1v) is 11.3. The van der Waals surface area contributed by atoms with Crippen LogP contribution >= 0.6 is 0 Å². The zero-order valence-electron chi connectivity index (χ0n) is 20.0. The van der Waals surface area contributed by atoms with Gasteiger partial charge in [-0.2, -0.15) is 0 Å². The Morgan fingerprint density at radius 2 is 1.29 bits per heavy atom.